The van der Waals surface area contributed by atoms with Gasteiger partial charge in [-0.2, -0.15) is 0 Å². The number of amides is 2. The highest BCUT2D eigenvalue weighted by atomic mass is 16.2. The molecular weight excluding hydrogens is 232 g/mol. The van der Waals surface area contributed by atoms with E-state index in [9.17, 15) is 9.59 Å². The van der Waals surface area contributed by atoms with E-state index in [1.165, 1.54) is 0 Å². The highest BCUT2D eigenvalue weighted by Gasteiger charge is 2.06. The van der Waals surface area contributed by atoms with Crippen LogP contribution in [0.2, 0.25) is 0 Å². The van der Waals surface area contributed by atoms with Crippen molar-refractivity contribution in [2.75, 3.05) is 18.4 Å². The Morgan fingerprint density at radius 1 is 1.44 bits per heavy atom. The quantitative estimate of drug-likeness (QED) is 0.614. The number of nitrogens with one attached hydrogen (secondary N) is 2. The highest BCUT2D eigenvalue weighted by molar-refractivity contribution is 5.94. The van der Waals surface area contributed by atoms with Gasteiger partial charge in [-0.1, -0.05) is 0 Å². The molecule has 98 valence electrons. The van der Waals surface area contributed by atoms with Crippen LogP contribution < -0.4 is 16.4 Å². The van der Waals surface area contributed by atoms with Crippen LogP contribution in [0.4, 0.5) is 5.82 Å². The van der Waals surface area contributed by atoms with Crippen molar-refractivity contribution in [3.8, 4) is 0 Å². The van der Waals surface area contributed by atoms with E-state index >= 15 is 0 Å². The van der Waals surface area contributed by atoms with Crippen molar-refractivity contribution in [2.24, 2.45) is 5.73 Å². The Hall–Kier alpha value is -2.11. The van der Waals surface area contributed by atoms with E-state index in [1.54, 1.807) is 18.3 Å². The SMILES string of the molecule is CCNc1cc(C(=O)NCCCC(N)=O)ccn1. The normalized spacial score (nSPS) is 9.83. The lowest BCUT2D eigenvalue weighted by Crippen LogP contribution is -2.25. The maximum atomic E-state index is 11.8. The molecule has 0 spiro atoms. The smallest absolute Gasteiger partial charge is 0.251 e. The average Bonchev–Trinajstić information content (AvgIpc) is 2.35. The molecule has 0 fully saturated rings. The van der Waals surface area contributed by atoms with Gasteiger partial charge in [-0.25, -0.2) is 4.98 Å². The number of aromatic nitrogens is 1. The number of anilines is 1. The van der Waals surface area contributed by atoms with E-state index in [0.29, 0.717) is 24.3 Å². The zero-order chi connectivity index (χ0) is 13.4. The van der Waals surface area contributed by atoms with Crippen molar-refractivity contribution in [3.63, 3.8) is 0 Å². The Kier molecular flexibility index (Phi) is 5.63. The third-order valence-electron chi connectivity index (χ3n) is 2.27. The first kappa shape index (κ1) is 14.0. The Bertz CT molecular complexity index is 420. The van der Waals surface area contributed by atoms with E-state index < -0.39 is 0 Å². The molecule has 18 heavy (non-hydrogen) atoms. The minimum atomic E-state index is -0.359. The molecule has 1 aromatic rings. The maximum Gasteiger partial charge on any atom is 0.251 e. The summed E-state index contributed by atoms with van der Waals surface area (Å²) in [5, 5.41) is 5.75. The lowest BCUT2D eigenvalue weighted by molar-refractivity contribution is -0.118. The molecule has 6 nitrogen and oxygen atoms in total. The molecule has 1 heterocycles. The molecule has 1 aromatic heterocycles. The van der Waals surface area contributed by atoms with Crippen molar-refractivity contribution in [3.05, 3.63) is 23.9 Å². The third kappa shape index (κ3) is 4.82. The average molecular weight is 250 g/mol. The van der Waals surface area contributed by atoms with Gasteiger partial charge in [0.25, 0.3) is 5.91 Å². The maximum absolute atomic E-state index is 11.8. The molecule has 0 saturated carbocycles. The zero-order valence-corrected chi connectivity index (χ0v) is 10.4. The van der Waals surface area contributed by atoms with Gasteiger partial charge < -0.3 is 16.4 Å². The Balaban J connectivity index is 2.45. The predicted octanol–water partition coefficient (Wildman–Crippen LogP) is 0.509. The predicted molar refractivity (Wildman–Crippen MR) is 69.2 cm³/mol. The number of hydrogen-bond donors (Lipinski definition) is 3. The summed E-state index contributed by atoms with van der Waals surface area (Å²) in [5.41, 5.74) is 5.55. The largest absolute Gasteiger partial charge is 0.370 e. The van der Waals surface area contributed by atoms with Crippen molar-refractivity contribution in [2.45, 2.75) is 19.8 Å². The van der Waals surface area contributed by atoms with E-state index in [4.69, 9.17) is 5.73 Å². The van der Waals surface area contributed by atoms with Crippen LogP contribution in [0.3, 0.4) is 0 Å². The topological polar surface area (TPSA) is 97.1 Å². The summed E-state index contributed by atoms with van der Waals surface area (Å²) < 4.78 is 0. The van der Waals surface area contributed by atoms with Crippen LogP contribution in [-0.2, 0) is 4.79 Å². The molecule has 2 amide bonds. The fourth-order valence-electron chi connectivity index (χ4n) is 1.42. The number of hydrogen-bond acceptors (Lipinski definition) is 4. The van der Waals surface area contributed by atoms with E-state index in [2.05, 4.69) is 15.6 Å². The van der Waals surface area contributed by atoms with Crippen LogP contribution in [0, 0.1) is 0 Å². The summed E-state index contributed by atoms with van der Waals surface area (Å²) >= 11 is 0. The first-order valence-corrected chi connectivity index (χ1v) is 5.90. The number of rotatable bonds is 7. The highest BCUT2D eigenvalue weighted by Crippen LogP contribution is 2.06. The second-order valence-electron chi connectivity index (χ2n) is 3.79. The lowest BCUT2D eigenvalue weighted by Gasteiger charge is -2.06. The third-order valence-corrected chi connectivity index (χ3v) is 2.27. The molecule has 0 radical (unpaired) electrons. The standard InChI is InChI=1S/C12H18N4O2/c1-2-14-11-8-9(5-7-15-11)12(18)16-6-3-4-10(13)17/h5,7-8H,2-4,6H2,1H3,(H2,13,17)(H,14,15)(H,16,18). The van der Waals surface area contributed by atoms with Gasteiger partial charge in [-0.05, 0) is 25.5 Å². The van der Waals surface area contributed by atoms with E-state index in [-0.39, 0.29) is 18.2 Å². The van der Waals surface area contributed by atoms with Crippen LogP contribution in [0.1, 0.15) is 30.1 Å². The molecule has 0 saturated heterocycles. The molecule has 0 aliphatic rings. The summed E-state index contributed by atoms with van der Waals surface area (Å²) in [4.78, 5) is 26.4. The fraction of sp³-hybridized carbons (Fsp3) is 0.417. The summed E-state index contributed by atoms with van der Waals surface area (Å²) in [5.74, 6) is 0.130. The Morgan fingerprint density at radius 2 is 2.22 bits per heavy atom. The molecule has 4 N–H and O–H groups in total. The van der Waals surface area contributed by atoms with Gasteiger partial charge in [0.05, 0.1) is 0 Å². The van der Waals surface area contributed by atoms with Gasteiger partial charge >= 0.3 is 0 Å². The molecular formula is C12H18N4O2. The monoisotopic (exact) mass is 250 g/mol. The molecule has 0 aliphatic carbocycles. The Morgan fingerprint density at radius 3 is 2.89 bits per heavy atom. The summed E-state index contributed by atoms with van der Waals surface area (Å²) in [6.45, 7) is 3.13. The van der Waals surface area contributed by atoms with Crippen LogP contribution in [0.15, 0.2) is 18.3 Å². The van der Waals surface area contributed by atoms with E-state index in [0.717, 1.165) is 6.54 Å². The first-order chi connectivity index (χ1) is 8.63. The fourth-order valence-corrected chi connectivity index (χ4v) is 1.42. The number of nitrogens with two attached hydrogens (primary N) is 1. The van der Waals surface area contributed by atoms with E-state index in [1.807, 2.05) is 6.92 Å². The second-order valence-corrected chi connectivity index (χ2v) is 3.79. The van der Waals surface area contributed by atoms with Gasteiger partial charge in [0.1, 0.15) is 5.82 Å². The van der Waals surface area contributed by atoms with Crippen molar-refractivity contribution in [1.29, 1.82) is 0 Å². The molecule has 0 aliphatic heterocycles. The van der Waals surface area contributed by atoms with Crippen LogP contribution in [0.5, 0.6) is 0 Å². The van der Waals surface area contributed by atoms with Gasteiger partial charge in [-0.15, -0.1) is 0 Å². The summed E-state index contributed by atoms with van der Waals surface area (Å²) in [6, 6.07) is 3.33. The molecule has 6 heteroatoms. The second kappa shape index (κ2) is 7.26. The number of pyridine rings is 1. The van der Waals surface area contributed by atoms with Gasteiger partial charge in [-0.3, -0.25) is 9.59 Å². The number of nitrogens with zero attached hydrogens (tertiary/aromatic N) is 1. The molecule has 0 aromatic carbocycles. The minimum absolute atomic E-state index is 0.180. The van der Waals surface area contributed by atoms with Crippen LogP contribution >= 0.6 is 0 Å². The van der Waals surface area contributed by atoms with Gasteiger partial charge in [0.2, 0.25) is 5.91 Å². The molecule has 0 bridgehead atoms. The molecule has 0 atom stereocenters. The van der Waals surface area contributed by atoms with Gasteiger partial charge in [0.15, 0.2) is 0 Å². The number of carbonyl (C=O) groups is 2. The Labute approximate surface area is 106 Å². The van der Waals surface area contributed by atoms with Crippen molar-refractivity contribution >= 4 is 17.6 Å². The van der Waals surface area contributed by atoms with Crippen LogP contribution in [-0.4, -0.2) is 29.9 Å². The molecule has 1 rings (SSSR count). The molecule has 0 unspecified atom stereocenters. The number of carbonyl (C=O) groups excluding carboxylic acids is 2. The van der Waals surface area contributed by atoms with Gasteiger partial charge in [0, 0.05) is 31.3 Å². The summed E-state index contributed by atoms with van der Waals surface area (Å²) in [6.07, 6.45) is 2.40. The van der Waals surface area contributed by atoms with Crippen molar-refractivity contribution in [1.82, 2.24) is 10.3 Å². The minimum Gasteiger partial charge on any atom is -0.370 e. The lowest BCUT2D eigenvalue weighted by atomic mass is 10.2. The van der Waals surface area contributed by atoms with Crippen LogP contribution in [0.25, 0.3) is 0 Å². The summed E-state index contributed by atoms with van der Waals surface area (Å²) in [7, 11) is 0. The zero-order valence-electron chi connectivity index (χ0n) is 10.4. The van der Waals surface area contributed by atoms with Crippen molar-refractivity contribution < 1.29 is 9.59 Å². The number of primary amides is 1. The first-order valence-electron chi connectivity index (χ1n) is 5.90.